The highest BCUT2D eigenvalue weighted by molar-refractivity contribution is 7.73. The predicted molar refractivity (Wildman–Crippen MR) is 198 cm³/mol. The lowest BCUT2D eigenvalue weighted by Crippen LogP contribution is -2.14. The molecule has 0 aliphatic rings. The SMILES string of the molecule is CC(=NCCCP(c1ccccc1)c1ccccc1)c1cccc(C(C)=NCCCP(c2ccccc2)c2ccccc2)c1. The summed E-state index contributed by atoms with van der Waals surface area (Å²) >= 11 is 0. The zero-order chi connectivity index (χ0) is 30.4. The predicted octanol–water partition coefficient (Wildman–Crippen LogP) is 8.35. The van der Waals surface area contributed by atoms with Crippen molar-refractivity contribution in [2.75, 3.05) is 25.4 Å². The first-order valence-corrected chi connectivity index (χ1v) is 18.6. The second-order valence-electron chi connectivity index (χ2n) is 10.9. The average molecular weight is 613 g/mol. The van der Waals surface area contributed by atoms with Gasteiger partial charge in [-0.15, -0.1) is 0 Å². The Kier molecular flexibility index (Phi) is 12.2. The molecular formula is C40H42N2P2. The van der Waals surface area contributed by atoms with Crippen molar-refractivity contribution in [1.29, 1.82) is 0 Å². The molecule has 0 aliphatic heterocycles. The van der Waals surface area contributed by atoms with Crippen LogP contribution in [0.3, 0.4) is 0 Å². The summed E-state index contributed by atoms with van der Waals surface area (Å²) in [5, 5.41) is 5.75. The van der Waals surface area contributed by atoms with Crippen molar-refractivity contribution in [2.24, 2.45) is 9.98 Å². The fourth-order valence-corrected chi connectivity index (χ4v) is 10.0. The Morgan fingerprint density at radius 2 is 0.750 bits per heavy atom. The Bertz CT molecular complexity index is 1420. The molecule has 0 fully saturated rings. The smallest absolute Gasteiger partial charge is 0.0396 e. The molecule has 5 aromatic carbocycles. The standard InChI is InChI=1S/C40H42N2P2/c1-33(41-28-16-30-43(37-20-7-3-8-21-37)38-22-9-4-10-23-38)35-18-15-19-36(32-35)34(2)42-29-17-31-44(39-24-11-5-12-25-39)40-26-13-6-14-27-40/h3-15,18-27,32H,16-17,28-31H2,1-2H3. The monoisotopic (exact) mass is 612 g/mol. The van der Waals surface area contributed by atoms with Gasteiger partial charge in [-0.3, -0.25) is 9.98 Å². The van der Waals surface area contributed by atoms with E-state index in [0.717, 1.165) is 49.7 Å². The summed E-state index contributed by atoms with van der Waals surface area (Å²) in [5.74, 6) is 0. The second-order valence-corrected chi connectivity index (χ2v) is 15.5. The maximum absolute atomic E-state index is 5.00. The summed E-state index contributed by atoms with van der Waals surface area (Å²) in [7, 11) is -0.745. The third-order valence-corrected chi connectivity index (χ3v) is 13.0. The van der Waals surface area contributed by atoms with E-state index < -0.39 is 0 Å². The molecule has 0 heterocycles. The van der Waals surface area contributed by atoms with Gasteiger partial charge in [0, 0.05) is 24.5 Å². The van der Waals surface area contributed by atoms with Crippen molar-refractivity contribution in [3.05, 3.63) is 157 Å². The van der Waals surface area contributed by atoms with E-state index in [0.29, 0.717) is 0 Å². The van der Waals surface area contributed by atoms with Gasteiger partial charge in [0.05, 0.1) is 0 Å². The fraction of sp³-hybridized carbons (Fsp3) is 0.200. The topological polar surface area (TPSA) is 24.7 Å². The highest BCUT2D eigenvalue weighted by atomic mass is 31.1. The van der Waals surface area contributed by atoms with Crippen LogP contribution in [-0.2, 0) is 0 Å². The normalized spacial score (nSPS) is 12.2. The molecule has 0 spiro atoms. The first-order valence-electron chi connectivity index (χ1n) is 15.6. The van der Waals surface area contributed by atoms with E-state index in [9.17, 15) is 0 Å². The molecule has 5 rings (SSSR count). The van der Waals surface area contributed by atoms with Crippen LogP contribution in [-0.4, -0.2) is 36.8 Å². The van der Waals surface area contributed by atoms with E-state index in [2.05, 4.69) is 159 Å². The molecule has 0 radical (unpaired) electrons. The van der Waals surface area contributed by atoms with Crippen LogP contribution in [0.1, 0.15) is 37.8 Å². The van der Waals surface area contributed by atoms with Gasteiger partial charge in [0.15, 0.2) is 0 Å². The molecule has 0 aromatic heterocycles. The Labute approximate surface area is 266 Å². The van der Waals surface area contributed by atoms with Gasteiger partial charge in [-0.25, -0.2) is 0 Å². The maximum atomic E-state index is 5.00. The zero-order valence-corrected chi connectivity index (χ0v) is 27.7. The summed E-state index contributed by atoms with van der Waals surface area (Å²) in [6, 6.07) is 52.5. The van der Waals surface area contributed by atoms with Crippen molar-refractivity contribution < 1.29 is 0 Å². The number of nitrogens with zero attached hydrogens (tertiary/aromatic N) is 2. The quantitative estimate of drug-likeness (QED) is 0.0684. The Morgan fingerprint density at radius 1 is 0.432 bits per heavy atom. The first-order chi connectivity index (χ1) is 21.7. The highest BCUT2D eigenvalue weighted by Gasteiger charge is 2.14. The fourth-order valence-electron chi connectivity index (χ4n) is 5.35. The zero-order valence-electron chi connectivity index (χ0n) is 25.9. The minimum atomic E-state index is -0.372. The number of hydrogen-bond acceptors (Lipinski definition) is 2. The molecule has 5 aromatic rings. The molecule has 222 valence electrons. The number of aliphatic imine (C=N–C) groups is 2. The van der Waals surface area contributed by atoms with E-state index in [1.54, 1.807) is 0 Å². The Hall–Kier alpha value is -3.70. The molecule has 0 bridgehead atoms. The number of hydrogen-bond donors (Lipinski definition) is 0. The minimum absolute atomic E-state index is 0.372. The van der Waals surface area contributed by atoms with Gasteiger partial charge >= 0.3 is 0 Å². The first kappa shape index (κ1) is 31.7. The molecule has 0 amide bonds. The van der Waals surface area contributed by atoms with E-state index in [4.69, 9.17) is 9.98 Å². The van der Waals surface area contributed by atoms with Crippen molar-refractivity contribution >= 4 is 48.5 Å². The molecule has 0 saturated carbocycles. The third kappa shape index (κ3) is 9.15. The lowest BCUT2D eigenvalue weighted by atomic mass is 10.0. The summed E-state index contributed by atoms with van der Waals surface area (Å²) in [4.78, 5) is 9.99. The molecule has 2 nitrogen and oxygen atoms in total. The van der Waals surface area contributed by atoms with Gasteiger partial charge < -0.3 is 0 Å². The molecule has 44 heavy (non-hydrogen) atoms. The molecule has 0 aliphatic carbocycles. The summed E-state index contributed by atoms with van der Waals surface area (Å²) in [6.07, 6.45) is 4.42. The lowest BCUT2D eigenvalue weighted by molar-refractivity contribution is 0.938. The summed E-state index contributed by atoms with van der Waals surface area (Å²) < 4.78 is 0. The van der Waals surface area contributed by atoms with Crippen LogP contribution in [0, 0.1) is 0 Å². The van der Waals surface area contributed by atoms with Crippen molar-refractivity contribution in [2.45, 2.75) is 26.7 Å². The van der Waals surface area contributed by atoms with Crippen LogP contribution in [0.2, 0.25) is 0 Å². The van der Waals surface area contributed by atoms with E-state index in [1.807, 2.05) is 0 Å². The van der Waals surface area contributed by atoms with E-state index in [-0.39, 0.29) is 15.8 Å². The van der Waals surface area contributed by atoms with Crippen LogP contribution in [0.15, 0.2) is 156 Å². The van der Waals surface area contributed by atoms with Crippen LogP contribution >= 0.6 is 15.8 Å². The summed E-state index contributed by atoms with van der Waals surface area (Å²) in [6.45, 7) is 5.96. The van der Waals surface area contributed by atoms with Gasteiger partial charge in [-0.05, 0) is 93.3 Å². The van der Waals surface area contributed by atoms with Gasteiger partial charge in [0.1, 0.15) is 0 Å². The number of rotatable bonds is 14. The minimum Gasteiger partial charge on any atom is -0.289 e. The molecule has 0 saturated heterocycles. The third-order valence-electron chi connectivity index (χ3n) is 7.75. The average Bonchev–Trinajstić information content (AvgIpc) is 3.09. The van der Waals surface area contributed by atoms with E-state index >= 15 is 0 Å². The van der Waals surface area contributed by atoms with Crippen LogP contribution in [0.4, 0.5) is 0 Å². The second kappa shape index (κ2) is 17.0. The lowest BCUT2D eigenvalue weighted by Gasteiger charge is -2.18. The largest absolute Gasteiger partial charge is 0.289 e. The molecule has 0 atom stereocenters. The van der Waals surface area contributed by atoms with Gasteiger partial charge in [0.25, 0.3) is 0 Å². The van der Waals surface area contributed by atoms with Crippen molar-refractivity contribution in [3.63, 3.8) is 0 Å². The molecular weight excluding hydrogens is 570 g/mol. The highest BCUT2D eigenvalue weighted by Crippen LogP contribution is 2.35. The van der Waals surface area contributed by atoms with Crippen LogP contribution < -0.4 is 21.2 Å². The van der Waals surface area contributed by atoms with E-state index in [1.165, 1.54) is 32.3 Å². The van der Waals surface area contributed by atoms with Crippen molar-refractivity contribution in [1.82, 2.24) is 0 Å². The van der Waals surface area contributed by atoms with Crippen molar-refractivity contribution in [3.8, 4) is 0 Å². The summed E-state index contributed by atoms with van der Waals surface area (Å²) in [5.41, 5.74) is 4.56. The molecule has 4 heteroatoms. The Balaban J connectivity index is 1.17. The van der Waals surface area contributed by atoms with Gasteiger partial charge in [-0.2, -0.15) is 0 Å². The van der Waals surface area contributed by atoms with Gasteiger partial charge in [0.2, 0.25) is 0 Å². The molecule has 0 N–H and O–H groups in total. The van der Waals surface area contributed by atoms with Gasteiger partial charge in [-0.1, -0.05) is 140 Å². The molecule has 0 unspecified atom stereocenters. The maximum Gasteiger partial charge on any atom is 0.0396 e. The van der Waals surface area contributed by atoms with Crippen LogP contribution in [0.5, 0.6) is 0 Å². The van der Waals surface area contributed by atoms with Crippen LogP contribution in [0.25, 0.3) is 0 Å². The Morgan fingerprint density at radius 3 is 1.07 bits per heavy atom. The number of benzene rings is 5.